The number of alkyl halides is 8. The second kappa shape index (κ2) is 7.80. The minimum absolute atomic E-state index is 0.260. The molecule has 0 rings (SSSR count). The van der Waals surface area contributed by atoms with Crippen molar-refractivity contribution in [2.24, 2.45) is 0 Å². The third-order valence-corrected chi connectivity index (χ3v) is 3.37. The fraction of sp³-hybridized carbons (Fsp3) is 1.00. The first-order valence-electron chi connectivity index (χ1n) is 4.41. The second-order valence-electron chi connectivity index (χ2n) is 3.41. The molecule has 0 aromatic rings. The lowest BCUT2D eigenvalue weighted by Gasteiger charge is -2.19. The fourth-order valence-corrected chi connectivity index (χ4v) is 3.37. The summed E-state index contributed by atoms with van der Waals surface area (Å²) in [6, 6.07) is 0. The summed E-state index contributed by atoms with van der Waals surface area (Å²) in [5.74, 6) is 0. The van der Waals surface area contributed by atoms with Gasteiger partial charge in [0.1, 0.15) is 0 Å². The van der Waals surface area contributed by atoms with Gasteiger partial charge in [-0.3, -0.25) is 0 Å². The Hall–Kier alpha value is 2.32. The molecule has 0 spiro atoms. The van der Waals surface area contributed by atoms with E-state index in [0.717, 1.165) is 0 Å². The average Bonchev–Trinajstić information content (AvgIpc) is 1.94. The molecule has 0 N–H and O–H groups in total. The predicted octanol–water partition coefficient (Wildman–Crippen LogP) is 6.50. The standard InChI is InChI=1S/C8H10Cl8/c9-5(3-7(11,12)13)1-2-6(10)4-8(14,15)16/h5-6H,1-4H2/t5-,6-/m0/s1. The zero-order valence-electron chi connectivity index (χ0n) is 8.01. The summed E-state index contributed by atoms with van der Waals surface area (Å²) < 4.78 is -2.69. The van der Waals surface area contributed by atoms with E-state index in [-0.39, 0.29) is 23.6 Å². The lowest BCUT2D eigenvalue weighted by molar-refractivity contribution is 0.614. The summed E-state index contributed by atoms with van der Waals surface area (Å²) in [5.41, 5.74) is 0. The summed E-state index contributed by atoms with van der Waals surface area (Å²) >= 11 is 45.5. The topological polar surface area (TPSA) is 0 Å². The molecule has 2 atom stereocenters. The average molecular weight is 390 g/mol. The van der Waals surface area contributed by atoms with E-state index in [0.29, 0.717) is 12.8 Å². The summed E-state index contributed by atoms with van der Waals surface area (Å²) in [5, 5.41) is -0.520. The Balaban J connectivity index is 3.80. The van der Waals surface area contributed by atoms with Crippen molar-refractivity contribution in [3.05, 3.63) is 0 Å². The number of halogens is 8. The Morgan fingerprint density at radius 2 is 0.875 bits per heavy atom. The molecule has 0 saturated carbocycles. The van der Waals surface area contributed by atoms with Crippen molar-refractivity contribution >= 4 is 92.8 Å². The van der Waals surface area contributed by atoms with Gasteiger partial charge in [-0.25, -0.2) is 0 Å². The quantitative estimate of drug-likeness (QED) is 0.471. The van der Waals surface area contributed by atoms with Gasteiger partial charge in [-0.15, -0.1) is 23.2 Å². The third kappa shape index (κ3) is 12.8. The van der Waals surface area contributed by atoms with Gasteiger partial charge in [0.25, 0.3) is 0 Å². The van der Waals surface area contributed by atoms with Crippen LogP contribution in [0.2, 0.25) is 0 Å². The van der Waals surface area contributed by atoms with Crippen LogP contribution in [0.4, 0.5) is 0 Å². The normalized spacial score (nSPS) is 17.2. The smallest absolute Gasteiger partial charge is 0.123 e. The van der Waals surface area contributed by atoms with Crippen LogP contribution in [0, 0.1) is 0 Å². The minimum Gasteiger partial charge on any atom is -0.123 e. The highest BCUT2D eigenvalue weighted by atomic mass is 35.6. The molecule has 0 saturated heterocycles. The number of rotatable bonds is 5. The summed E-state index contributed by atoms with van der Waals surface area (Å²) in [6.07, 6.45) is 1.72. The van der Waals surface area contributed by atoms with Crippen LogP contribution in [0.25, 0.3) is 0 Å². The van der Waals surface area contributed by atoms with Crippen LogP contribution in [-0.4, -0.2) is 18.3 Å². The van der Waals surface area contributed by atoms with Crippen LogP contribution in [0.5, 0.6) is 0 Å². The molecule has 0 unspecified atom stereocenters. The minimum atomic E-state index is -1.34. The Morgan fingerprint density at radius 3 is 1.06 bits per heavy atom. The molecule has 0 amide bonds. The molecule has 0 aromatic heterocycles. The van der Waals surface area contributed by atoms with Crippen LogP contribution in [-0.2, 0) is 0 Å². The summed E-state index contributed by atoms with van der Waals surface area (Å²) in [4.78, 5) is 0. The fourth-order valence-electron chi connectivity index (χ4n) is 1.07. The van der Waals surface area contributed by atoms with Crippen molar-refractivity contribution in [3.63, 3.8) is 0 Å². The molecular weight excluding hydrogens is 380 g/mol. The summed E-state index contributed by atoms with van der Waals surface area (Å²) in [7, 11) is 0. The maximum atomic E-state index is 5.97. The molecule has 0 heterocycles. The van der Waals surface area contributed by atoms with Crippen LogP contribution < -0.4 is 0 Å². The first kappa shape index (κ1) is 18.3. The maximum absolute atomic E-state index is 5.97. The molecule has 16 heavy (non-hydrogen) atoms. The monoisotopic (exact) mass is 386 g/mol. The van der Waals surface area contributed by atoms with Gasteiger partial charge in [-0.05, 0) is 12.8 Å². The maximum Gasteiger partial charge on any atom is 0.192 e. The van der Waals surface area contributed by atoms with E-state index in [2.05, 4.69) is 0 Å². The van der Waals surface area contributed by atoms with Gasteiger partial charge in [0, 0.05) is 23.6 Å². The van der Waals surface area contributed by atoms with Crippen molar-refractivity contribution in [3.8, 4) is 0 Å². The van der Waals surface area contributed by atoms with E-state index in [1.165, 1.54) is 0 Å². The lowest BCUT2D eigenvalue weighted by Crippen LogP contribution is -2.16. The van der Waals surface area contributed by atoms with Crippen LogP contribution in [0.1, 0.15) is 25.7 Å². The molecule has 0 aliphatic heterocycles. The van der Waals surface area contributed by atoms with E-state index in [1.807, 2.05) is 0 Å². The van der Waals surface area contributed by atoms with Gasteiger partial charge in [0.2, 0.25) is 0 Å². The Bertz CT molecular complexity index is 171. The molecular formula is C8H10Cl8. The zero-order valence-corrected chi connectivity index (χ0v) is 14.1. The predicted molar refractivity (Wildman–Crippen MR) is 78.3 cm³/mol. The Morgan fingerprint density at radius 1 is 0.625 bits per heavy atom. The van der Waals surface area contributed by atoms with Crippen molar-refractivity contribution in [2.45, 2.75) is 44.0 Å². The van der Waals surface area contributed by atoms with Gasteiger partial charge in [-0.1, -0.05) is 69.6 Å². The largest absolute Gasteiger partial charge is 0.192 e. The zero-order chi connectivity index (χ0) is 13.0. The molecule has 0 fully saturated rings. The third-order valence-electron chi connectivity index (χ3n) is 1.70. The molecule has 0 aliphatic carbocycles. The van der Waals surface area contributed by atoms with Gasteiger partial charge in [0.15, 0.2) is 7.59 Å². The van der Waals surface area contributed by atoms with Gasteiger partial charge in [-0.2, -0.15) is 0 Å². The highest BCUT2D eigenvalue weighted by Gasteiger charge is 2.27. The summed E-state index contributed by atoms with van der Waals surface area (Å²) in [6.45, 7) is 0. The van der Waals surface area contributed by atoms with E-state index in [4.69, 9.17) is 92.8 Å². The molecule has 0 nitrogen and oxygen atoms in total. The first-order valence-corrected chi connectivity index (χ1v) is 7.55. The van der Waals surface area contributed by atoms with Crippen LogP contribution >= 0.6 is 92.8 Å². The second-order valence-corrected chi connectivity index (χ2v) is 9.68. The van der Waals surface area contributed by atoms with Crippen molar-refractivity contribution < 1.29 is 0 Å². The molecule has 98 valence electrons. The number of hydrogen-bond donors (Lipinski definition) is 0. The van der Waals surface area contributed by atoms with E-state index in [1.54, 1.807) is 0 Å². The molecule has 0 aliphatic rings. The van der Waals surface area contributed by atoms with Crippen molar-refractivity contribution in [2.75, 3.05) is 0 Å². The molecule has 0 bridgehead atoms. The van der Waals surface area contributed by atoms with Gasteiger partial charge >= 0.3 is 0 Å². The Labute approximate surface area is 136 Å². The molecule has 0 aromatic carbocycles. The SMILES string of the molecule is Cl[C@@H](CC[C@H](Cl)CC(Cl)(Cl)Cl)CC(Cl)(Cl)Cl. The van der Waals surface area contributed by atoms with Gasteiger partial charge in [0.05, 0.1) is 0 Å². The highest BCUT2D eigenvalue weighted by Crippen LogP contribution is 2.37. The van der Waals surface area contributed by atoms with E-state index >= 15 is 0 Å². The van der Waals surface area contributed by atoms with Crippen molar-refractivity contribution in [1.29, 1.82) is 0 Å². The lowest BCUT2D eigenvalue weighted by atomic mass is 10.1. The molecule has 8 heteroatoms. The van der Waals surface area contributed by atoms with E-state index < -0.39 is 7.59 Å². The Kier molecular flexibility index (Phi) is 8.93. The van der Waals surface area contributed by atoms with Gasteiger partial charge < -0.3 is 0 Å². The number of hydrogen-bond acceptors (Lipinski definition) is 0. The van der Waals surface area contributed by atoms with Crippen LogP contribution in [0.15, 0.2) is 0 Å². The molecule has 0 radical (unpaired) electrons. The van der Waals surface area contributed by atoms with E-state index in [9.17, 15) is 0 Å². The highest BCUT2D eigenvalue weighted by molar-refractivity contribution is 6.68. The van der Waals surface area contributed by atoms with Crippen molar-refractivity contribution in [1.82, 2.24) is 0 Å². The van der Waals surface area contributed by atoms with Crippen LogP contribution in [0.3, 0.4) is 0 Å². The first-order chi connectivity index (χ1) is 6.99.